The van der Waals surface area contributed by atoms with Gasteiger partial charge in [0.05, 0.1) is 0 Å². The molecule has 1 aliphatic rings. The second kappa shape index (κ2) is 5.82. The van der Waals surface area contributed by atoms with Crippen molar-refractivity contribution in [3.8, 4) is 0 Å². The Balaban J connectivity index is 1.88. The van der Waals surface area contributed by atoms with Crippen LogP contribution in [0.15, 0.2) is 11.4 Å². The number of rotatable bonds is 6. The summed E-state index contributed by atoms with van der Waals surface area (Å²) >= 11 is 1.26. The van der Waals surface area contributed by atoms with E-state index in [9.17, 15) is 9.90 Å². The number of hydrogen-bond donors (Lipinski definition) is 3. The highest BCUT2D eigenvalue weighted by molar-refractivity contribution is 7.12. The smallest absolute Gasteiger partial charge is 0.346 e. The van der Waals surface area contributed by atoms with Gasteiger partial charge in [-0.25, -0.2) is 4.79 Å². The molecule has 4 nitrogen and oxygen atoms in total. The summed E-state index contributed by atoms with van der Waals surface area (Å²) < 4.78 is 0. The van der Waals surface area contributed by atoms with Gasteiger partial charge in [-0.2, -0.15) is 0 Å². The molecule has 1 aromatic rings. The normalized spacial score (nSPS) is 18.1. The molecule has 3 N–H and O–H groups in total. The van der Waals surface area contributed by atoms with Gasteiger partial charge >= 0.3 is 5.97 Å². The molecule has 0 amide bonds. The quantitative estimate of drug-likeness (QED) is 0.739. The molecular weight excluding hydrogens is 250 g/mol. The average Bonchev–Trinajstić information content (AvgIpc) is 2.98. The molecule has 0 atom stereocenters. The first-order valence-corrected chi connectivity index (χ1v) is 7.16. The van der Waals surface area contributed by atoms with E-state index in [-0.39, 0.29) is 12.0 Å². The highest BCUT2D eigenvalue weighted by atomic mass is 32.1. The molecule has 1 fully saturated rings. The third kappa shape index (κ3) is 2.91. The highest BCUT2D eigenvalue weighted by Gasteiger charge is 2.32. The minimum Gasteiger partial charge on any atom is -0.477 e. The third-order valence-corrected chi connectivity index (χ3v) is 4.70. The molecule has 0 unspecified atom stereocenters. The van der Waals surface area contributed by atoms with E-state index in [2.05, 4.69) is 5.32 Å². The van der Waals surface area contributed by atoms with Gasteiger partial charge in [0.25, 0.3) is 0 Å². The van der Waals surface area contributed by atoms with E-state index in [1.807, 2.05) is 6.07 Å². The first kappa shape index (κ1) is 13.5. The third-order valence-electron chi connectivity index (χ3n) is 3.76. The molecule has 0 radical (unpaired) electrons. The summed E-state index contributed by atoms with van der Waals surface area (Å²) in [5, 5.41) is 23.6. The maximum absolute atomic E-state index is 11.0. The van der Waals surface area contributed by atoms with Crippen LogP contribution < -0.4 is 5.32 Å². The van der Waals surface area contributed by atoms with Crippen LogP contribution in [0, 0.1) is 5.41 Å². The van der Waals surface area contributed by atoms with E-state index in [4.69, 9.17) is 5.11 Å². The van der Waals surface area contributed by atoms with Crippen molar-refractivity contribution in [2.24, 2.45) is 5.41 Å². The van der Waals surface area contributed by atoms with Crippen LogP contribution in [0.2, 0.25) is 0 Å². The summed E-state index contributed by atoms with van der Waals surface area (Å²) in [4.78, 5) is 11.4. The summed E-state index contributed by atoms with van der Waals surface area (Å²) in [6.07, 6.45) is 4.49. The number of hydrogen-bond acceptors (Lipinski definition) is 4. The molecule has 2 rings (SSSR count). The molecular formula is C13H19NO3S. The molecule has 0 aromatic carbocycles. The first-order chi connectivity index (χ1) is 8.67. The minimum absolute atomic E-state index is 0.0133. The lowest BCUT2D eigenvalue weighted by Crippen LogP contribution is -2.34. The topological polar surface area (TPSA) is 69.6 Å². The van der Waals surface area contributed by atoms with Crippen LogP contribution in [-0.2, 0) is 6.54 Å². The van der Waals surface area contributed by atoms with Gasteiger partial charge in [0.15, 0.2) is 0 Å². The number of carbonyl (C=O) groups is 1. The Hall–Kier alpha value is -0.910. The van der Waals surface area contributed by atoms with Crippen molar-refractivity contribution >= 4 is 17.3 Å². The first-order valence-electron chi connectivity index (χ1n) is 6.28. The van der Waals surface area contributed by atoms with Gasteiger partial charge in [0.2, 0.25) is 0 Å². The van der Waals surface area contributed by atoms with Crippen LogP contribution in [0.1, 0.15) is 40.9 Å². The fourth-order valence-electron chi connectivity index (χ4n) is 2.64. The standard InChI is InChI=1S/C13H19NO3S/c15-9-13(4-1-2-5-13)8-14-7-10-3-6-18-11(10)12(16)17/h3,6,14-15H,1-2,4-5,7-9H2,(H,16,17). The van der Waals surface area contributed by atoms with E-state index in [0.29, 0.717) is 11.4 Å². The fraction of sp³-hybridized carbons (Fsp3) is 0.615. The van der Waals surface area contributed by atoms with Crippen molar-refractivity contribution in [2.75, 3.05) is 13.2 Å². The van der Waals surface area contributed by atoms with Gasteiger partial charge < -0.3 is 15.5 Å². The molecule has 0 aliphatic heterocycles. The molecule has 5 heteroatoms. The Morgan fingerprint density at radius 2 is 2.17 bits per heavy atom. The maximum atomic E-state index is 11.0. The molecule has 1 aromatic heterocycles. The van der Waals surface area contributed by atoms with Gasteiger partial charge in [-0.3, -0.25) is 0 Å². The predicted molar refractivity (Wildman–Crippen MR) is 71.0 cm³/mol. The van der Waals surface area contributed by atoms with E-state index in [1.165, 1.54) is 24.2 Å². The van der Waals surface area contributed by atoms with Gasteiger partial charge in [-0.1, -0.05) is 12.8 Å². The van der Waals surface area contributed by atoms with Crippen LogP contribution in [0.3, 0.4) is 0 Å². The van der Waals surface area contributed by atoms with Crippen molar-refractivity contribution in [1.29, 1.82) is 0 Å². The van der Waals surface area contributed by atoms with Gasteiger partial charge in [0, 0.05) is 25.1 Å². The van der Waals surface area contributed by atoms with Crippen LogP contribution in [0.4, 0.5) is 0 Å². The Labute approximate surface area is 111 Å². The molecule has 0 bridgehead atoms. The summed E-state index contributed by atoms with van der Waals surface area (Å²) in [5.41, 5.74) is 0.845. The number of aliphatic hydroxyl groups is 1. The Bertz CT molecular complexity index is 410. The highest BCUT2D eigenvalue weighted by Crippen LogP contribution is 2.36. The largest absolute Gasteiger partial charge is 0.477 e. The second-order valence-corrected chi connectivity index (χ2v) is 5.97. The van der Waals surface area contributed by atoms with Crippen molar-refractivity contribution in [2.45, 2.75) is 32.2 Å². The summed E-state index contributed by atoms with van der Waals surface area (Å²) in [6.45, 7) is 1.54. The lowest BCUT2D eigenvalue weighted by Gasteiger charge is -2.26. The average molecular weight is 269 g/mol. The van der Waals surface area contributed by atoms with Gasteiger partial charge in [-0.15, -0.1) is 11.3 Å². The van der Waals surface area contributed by atoms with Crippen LogP contribution in [0.25, 0.3) is 0 Å². The number of carboxylic acid groups (broad SMARTS) is 1. The van der Waals surface area contributed by atoms with Crippen molar-refractivity contribution in [3.63, 3.8) is 0 Å². The SMILES string of the molecule is O=C(O)c1sccc1CNCC1(CO)CCCC1. The zero-order valence-electron chi connectivity index (χ0n) is 10.3. The zero-order valence-corrected chi connectivity index (χ0v) is 11.1. The maximum Gasteiger partial charge on any atom is 0.346 e. The van der Waals surface area contributed by atoms with Gasteiger partial charge in [-0.05, 0) is 29.9 Å². The summed E-state index contributed by atoms with van der Waals surface area (Å²) in [5.74, 6) is -0.862. The number of aliphatic hydroxyl groups excluding tert-OH is 1. The number of nitrogens with one attached hydrogen (secondary N) is 1. The van der Waals surface area contributed by atoms with Crippen LogP contribution in [-0.4, -0.2) is 29.3 Å². The Morgan fingerprint density at radius 3 is 2.78 bits per heavy atom. The molecule has 100 valence electrons. The van der Waals surface area contributed by atoms with Crippen LogP contribution in [0.5, 0.6) is 0 Å². The molecule has 0 saturated heterocycles. The second-order valence-electron chi connectivity index (χ2n) is 5.05. The lowest BCUT2D eigenvalue weighted by atomic mass is 9.87. The van der Waals surface area contributed by atoms with Crippen molar-refractivity contribution < 1.29 is 15.0 Å². The predicted octanol–water partition coefficient (Wildman–Crippen LogP) is 2.09. The Morgan fingerprint density at radius 1 is 1.44 bits per heavy atom. The summed E-state index contributed by atoms with van der Waals surface area (Å²) in [6, 6.07) is 1.85. The van der Waals surface area contributed by atoms with E-state index >= 15 is 0 Å². The van der Waals surface area contributed by atoms with Crippen molar-refractivity contribution in [3.05, 3.63) is 21.9 Å². The number of thiophene rings is 1. The van der Waals surface area contributed by atoms with E-state index in [0.717, 1.165) is 24.9 Å². The van der Waals surface area contributed by atoms with Crippen molar-refractivity contribution in [1.82, 2.24) is 5.32 Å². The molecule has 0 spiro atoms. The minimum atomic E-state index is -0.862. The Kier molecular flexibility index (Phi) is 4.37. The number of carboxylic acids is 1. The molecule has 1 aliphatic carbocycles. The van der Waals surface area contributed by atoms with E-state index < -0.39 is 5.97 Å². The number of aromatic carboxylic acids is 1. The molecule has 1 heterocycles. The monoisotopic (exact) mass is 269 g/mol. The summed E-state index contributed by atoms with van der Waals surface area (Å²) in [7, 11) is 0. The molecule has 18 heavy (non-hydrogen) atoms. The van der Waals surface area contributed by atoms with Crippen LogP contribution >= 0.6 is 11.3 Å². The molecule has 1 saturated carbocycles. The van der Waals surface area contributed by atoms with Gasteiger partial charge in [0.1, 0.15) is 4.88 Å². The zero-order chi connectivity index (χ0) is 13.0. The van der Waals surface area contributed by atoms with E-state index in [1.54, 1.807) is 5.38 Å². The fourth-order valence-corrected chi connectivity index (χ4v) is 3.40. The lowest BCUT2D eigenvalue weighted by molar-refractivity contribution is 0.0700.